The molecule has 0 saturated carbocycles. The van der Waals surface area contributed by atoms with Crippen molar-refractivity contribution in [1.29, 1.82) is 0 Å². The Morgan fingerprint density at radius 2 is 1.72 bits per heavy atom. The third kappa shape index (κ3) is 2.58. The number of aryl methyl sites for hydroxylation is 1. The van der Waals surface area contributed by atoms with Gasteiger partial charge in [0.1, 0.15) is 11.9 Å². The third-order valence-corrected chi connectivity index (χ3v) is 3.03. The lowest BCUT2D eigenvalue weighted by molar-refractivity contribution is 0.220. The van der Waals surface area contributed by atoms with Crippen molar-refractivity contribution >= 4 is 0 Å². The van der Waals surface area contributed by atoms with Gasteiger partial charge in [0.05, 0.1) is 0 Å². The molecule has 0 aromatic heterocycles. The Hall–Kier alpha value is -1.71. The van der Waals surface area contributed by atoms with E-state index in [1.807, 2.05) is 24.3 Å². The van der Waals surface area contributed by atoms with Gasteiger partial charge in [0, 0.05) is 6.54 Å². The summed E-state index contributed by atoms with van der Waals surface area (Å²) in [5.41, 5.74) is 8.53. The average molecular weight is 245 g/mol. The standard InChI is InChI=1S/C15H16FNO/c1-10-8-13(6-7-14(10)16)15(18)12-4-2-11(9-17)3-5-12/h2-8,15,18H,9,17H2,1H3. The minimum atomic E-state index is -0.740. The molecule has 2 rings (SSSR count). The van der Waals surface area contributed by atoms with Gasteiger partial charge in [0.15, 0.2) is 0 Å². The SMILES string of the molecule is Cc1cc(C(O)c2ccc(CN)cc2)ccc1F. The Morgan fingerprint density at radius 1 is 1.11 bits per heavy atom. The number of halogens is 1. The van der Waals surface area contributed by atoms with Crippen molar-refractivity contribution in [3.8, 4) is 0 Å². The van der Waals surface area contributed by atoms with Gasteiger partial charge < -0.3 is 10.8 Å². The molecule has 2 nitrogen and oxygen atoms in total. The molecule has 1 atom stereocenters. The summed E-state index contributed by atoms with van der Waals surface area (Å²) >= 11 is 0. The lowest BCUT2D eigenvalue weighted by Crippen LogP contribution is -2.02. The molecule has 0 aliphatic heterocycles. The van der Waals surface area contributed by atoms with E-state index < -0.39 is 6.10 Å². The summed E-state index contributed by atoms with van der Waals surface area (Å²) < 4.78 is 13.2. The predicted molar refractivity (Wildman–Crippen MR) is 69.5 cm³/mol. The number of aliphatic hydroxyl groups excluding tert-OH is 1. The maximum absolute atomic E-state index is 13.2. The molecule has 0 fully saturated rings. The fourth-order valence-electron chi connectivity index (χ4n) is 1.87. The van der Waals surface area contributed by atoms with Crippen molar-refractivity contribution in [1.82, 2.24) is 0 Å². The smallest absolute Gasteiger partial charge is 0.126 e. The summed E-state index contributed by atoms with van der Waals surface area (Å²) in [5, 5.41) is 10.2. The zero-order chi connectivity index (χ0) is 13.1. The Bertz CT molecular complexity index is 537. The molecule has 0 aliphatic rings. The van der Waals surface area contributed by atoms with Crippen LogP contribution in [0.5, 0.6) is 0 Å². The first-order valence-corrected chi connectivity index (χ1v) is 5.85. The minimum absolute atomic E-state index is 0.260. The predicted octanol–water partition coefficient (Wildman–Crippen LogP) is 2.67. The van der Waals surface area contributed by atoms with Crippen LogP contribution >= 0.6 is 0 Å². The molecule has 0 amide bonds. The van der Waals surface area contributed by atoms with Crippen molar-refractivity contribution < 1.29 is 9.50 Å². The van der Waals surface area contributed by atoms with E-state index >= 15 is 0 Å². The second-order valence-corrected chi connectivity index (χ2v) is 4.36. The molecule has 3 N–H and O–H groups in total. The fraction of sp³-hybridized carbons (Fsp3) is 0.200. The van der Waals surface area contributed by atoms with Gasteiger partial charge in [-0.3, -0.25) is 0 Å². The minimum Gasteiger partial charge on any atom is -0.384 e. The first kappa shape index (κ1) is 12.7. The molecular weight excluding hydrogens is 229 g/mol. The van der Waals surface area contributed by atoms with E-state index in [2.05, 4.69) is 0 Å². The summed E-state index contributed by atoms with van der Waals surface area (Å²) in [4.78, 5) is 0. The molecule has 94 valence electrons. The highest BCUT2D eigenvalue weighted by molar-refractivity contribution is 5.34. The highest BCUT2D eigenvalue weighted by atomic mass is 19.1. The van der Waals surface area contributed by atoms with Crippen LogP contribution in [-0.2, 0) is 6.54 Å². The van der Waals surface area contributed by atoms with E-state index in [4.69, 9.17) is 5.73 Å². The molecule has 0 bridgehead atoms. The Balaban J connectivity index is 2.28. The lowest BCUT2D eigenvalue weighted by Gasteiger charge is -2.13. The summed E-state index contributed by atoms with van der Waals surface area (Å²) in [6.45, 7) is 2.16. The van der Waals surface area contributed by atoms with E-state index in [1.54, 1.807) is 19.1 Å². The normalized spacial score (nSPS) is 12.4. The van der Waals surface area contributed by atoms with Crippen LogP contribution in [0.2, 0.25) is 0 Å². The number of rotatable bonds is 3. The molecule has 0 radical (unpaired) electrons. The van der Waals surface area contributed by atoms with Crippen molar-refractivity contribution in [3.05, 3.63) is 70.5 Å². The highest BCUT2D eigenvalue weighted by Crippen LogP contribution is 2.23. The number of hydrogen-bond donors (Lipinski definition) is 2. The Kier molecular flexibility index (Phi) is 3.75. The molecule has 2 aromatic carbocycles. The highest BCUT2D eigenvalue weighted by Gasteiger charge is 2.11. The molecule has 18 heavy (non-hydrogen) atoms. The maximum atomic E-state index is 13.2. The second-order valence-electron chi connectivity index (χ2n) is 4.36. The van der Waals surface area contributed by atoms with Crippen LogP contribution < -0.4 is 5.73 Å². The average Bonchev–Trinajstić information content (AvgIpc) is 2.41. The van der Waals surface area contributed by atoms with Crippen LogP contribution in [0.15, 0.2) is 42.5 Å². The van der Waals surface area contributed by atoms with Crippen molar-refractivity contribution in [2.24, 2.45) is 5.73 Å². The van der Waals surface area contributed by atoms with E-state index in [0.717, 1.165) is 11.1 Å². The van der Waals surface area contributed by atoms with Gasteiger partial charge in [-0.1, -0.05) is 36.4 Å². The van der Waals surface area contributed by atoms with Gasteiger partial charge in [-0.05, 0) is 35.2 Å². The molecule has 2 aromatic rings. The maximum Gasteiger partial charge on any atom is 0.126 e. The topological polar surface area (TPSA) is 46.2 Å². The quantitative estimate of drug-likeness (QED) is 0.873. The van der Waals surface area contributed by atoms with E-state index in [9.17, 15) is 9.50 Å². The van der Waals surface area contributed by atoms with Crippen LogP contribution in [0.25, 0.3) is 0 Å². The largest absolute Gasteiger partial charge is 0.384 e. The van der Waals surface area contributed by atoms with Gasteiger partial charge in [-0.2, -0.15) is 0 Å². The van der Waals surface area contributed by atoms with E-state index in [1.165, 1.54) is 6.07 Å². The van der Waals surface area contributed by atoms with E-state index in [-0.39, 0.29) is 5.82 Å². The summed E-state index contributed by atoms with van der Waals surface area (Å²) in [6, 6.07) is 12.1. The van der Waals surface area contributed by atoms with Crippen molar-refractivity contribution in [2.75, 3.05) is 0 Å². The number of aliphatic hydroxyl groups is 1. The fourth-order valence-corrected chi connectivity index (χ4v) is 1.87. The van der Waals surface area contributed by atoms with Crippen LogP contribution in [0.1, 0.15) is 28.4 Å². The van der Waals surface area contributed by atoms with Crippen molar-refractivity contribution in [3.63, 3.8) is 0 Å². The molecule has 3 heteroatoms. The third-order valence-electron chi connectivity index (χ3n) is 3.03. The molecule has 0 spiro atoms. The Labute approximate surface area is 106 Å². The van der Waals surface area contributed by atoms with Gasteiger partial charge in [0.2, 0.25) is 0 Å². The van der Waals surface area contributed by atoms with Gasteiger partial charge >= 0.3 is 0 Å². The van der Waals surface area contributed by atoms with Crippen molar-refractivity contribution in [2.45, 2.75) is 19.6 Å². The zero-order valence-electron chi connectivity index (χ0n) is 10.2. The summed E-state index contributed by atoms with van der Waals surface area (Å²) in [7, 11) is 0. The second kappa shape index (κ2) is 5.29. The molecule has 1 unspecified atom stereocenters. The summed E-state index contributed by atoms with van der Waals surface area (Å²) in [5.74, 6) is -0.260. The first-order chi connectivity index (χ1) is 8.61. The van der Waals surface area contributed by atoms with Crippen LogP contribution in [-0.4, -0.2) is 5.11 Å². The number of benzene rings is 2. The molecule has 0 aliphatic carbocycles. The number of nitrogens with two attached hydrogens (primary N) is 1. The molecule has 0 saturated heterocycles. The van der Waals surface area contributed by atoms with Gasteiger partial charge in [-0.15, -0.1) is 0 Å². The summed E-state index contributed by atoms with van der Waals surface area (Å²) in [6.07, 6.45) is -0.740. The first-order valence-electron chi connectivity index (χ1n) is 5.85. The molecular formula is C15H16FNO. The monoisotopic (exact) mass is 245 g/mol. The van der Waals surface area contributed by atoms with Crippen LogP contribution in [0.3, 0.4) is 0 Å². The number of hydrogen-bond acceptors (Lipinski definition) is 2. The van der Waals surface area contributed by atoms with Crippen LogP contribution in [0, 0.1) is 12.7 Å². The van der Waals surface area contributed by atoms with Gasteiger partial charge in [-0.25, -0.2) is 4.39 Å². The zero-order valence-corrected chi connectivity index (χ0v) is 10.2. The van der Waals surface area contributed by atoms with Crippen LogP contribution in [0.4, 0.5) is 4.39 Å². The Morgan fingerprint density at radius 3 is 2.28 bits per heavy atom. The van der Waals surface area contributed by atoms with E-state index in [0.29, 0.717) is 17.7 Å². The molecule has 0 heterocycles. The lowest BCUT2D eigenvalue weighted by atomic mass is 9.99. The van der Waals surface area contributed by atoms with Gasteiger partial charge in [0.25, 0.3) is 0 Å².